The smallest absolute Gasteiger partial charge is 0.222 e. The van der Waals surface area contributed by atoms with Gasteiger partial charge in [0.2, 0.25) is 5.95 Å². The van der Waals surface area contributed by atoms with Gasteiger partial charge in [-0.1, -0.05) is 6.07 Å². The molecule has 0 radical (unpaired) electrons. The van der Waals surface area contributed by atoms with Gasteiger partial charge in [0, 0.05) is 17.8 Å². The number of fused-ring (bicyclic) bond motifs is 1. The lowest BCUT2D eigenvalue weighted by molar-refractivity contribution is 0.975. The number of nitrogens with zero attached hydrogens (tertiary/aromatic N) is 4. The second-order valence-electron chi connectivity index (χ2n) is 5.28. The van der Waals surface area contributed by atoms with Crippen LogP contribution in [-0.4, -0.2) is 32.9 Å². The van der Waals surface area contributed by atoms with Crippen molar-refractivity contribution in [2.75, 3.05) is 17.6 Å². The highest BCUT2D eigenvalue weighted by Gasteiger charge is 2.10. The number of aromatic amines is 1. The van der Waals surface area contributed by atoms with Gasteiger partial charge in [-0.15, -0.1) is 0 Å². The number of aliphatic imine (C=N–C) groups is 1. The number of nitrogens with two attached hydrogens (primary N) is 1. The Morgan fingerprint density at radius 3 is 2.96 bits per heavy atom. The van der Waals surface area contributed by atoms with Crippen LogP contribution in [0.5, 0.6) is 0 Å². The number of allylic oxidation sites excluding steroid dienone is 1. The SMILES string of the molecule is Nc1nc(NCc2ccn[nH]2)c2ccc(C3=CC=NC3)cc2n1. The average molecular weight is 305 g/mol. The molecule has 7 nitrogen and oxygen atoms in total. The van der Waals surface area contributed by atoms with Crippen LogP contribution < -0.4 is 11.1 Å². The first-order valence-electron chi connectivity index (χ1n) is 7.28. The van der Waals surface area contributed by atoms with Crippen LogP contribution in [0.2, 0.25) is 0 Å². The van der Waals surface area contributed by atoms with Crippen molar-refractivity contribution in [1.29, 1.82) is 0 Å². The molecule has 0 aliphatic carbocycles. The van der Waals surface area contributed by atoms with Crippen molar-refractivity contribution < 1.29 is 0 Å². The lowest BCUT2D eigenvalue weighted by Gasteiger charge is -2.10. The van der Waals surface area contributed by atoms with Crippen LogP contribution in [0, 0.1) is 0 Å². The molecule has 0 spiro atoms. The minimum absolute atomic E-state index is 0.249. The van der Waals surface area contributed by atoms with Crippen molar-refractivity contribution in [1.82, 2.24) is 20.2 Å². The fraction of sp³-hybridized carbons (Fsp3) is 0.125. The fourth-order valence-corrected chi connectivity index (χ4v) is 2.58. The van der Waals surface area contributed by atoms with Crippen LogP contribution in [0.1, 0.15) is 11.3 Å². The van der Waals surface area contributed by atoms with Crippen LogP contribution in [0.3, 0.4) is 0 Å². The average Bonchev–Trinajstić information content (AvgIpc) is 3.25. The molecule has 0 saturated heterocycles. The molecule has 4 rings (SSSR count). The maximum atomic E-state index is 5.86. The lowest BCUT2D eigenvalue weighted by Crippen LogP contribution is -2.06. The highest BCUT2D eigenvalue weighted by atomic mass is 15.1. The Kier molecular flexibility index (Phi) is 3.23. The van der Waals surface area contributed by atoms with E-state index in [0.717, 1.165) is 22.2 Å². The summed E-state index contributed by atoms with van der Waals surface area (Å²) in [5.74, 6) is 0.962. The molecular weight excluding hydrogens is 290 g/mol. The van der Waals surface area contributed by atoms with E-state index in [9.17, 15) is 0 Å². The minimum atomic E-state index is 0.249. The normalized spacial score (nSPS) is 13.5. The van der Waals surface area contributed by atoms with E-state index in [2.05, 4.69) is 36.5 Å². The zero-order valence-electron chi connectivity index (χ0n) is 12.3. The van der Waals surface area contributed by atoms with E-state index in [1.54, 1.807) is 6.20 Å². The molecule has 0 saturated carbocycles. The number of benzene rings is 1. The summed E-state index contributed by atoms with van der Waals surface area (Å²) in [6, 6.07) is 8.00. The Labute approximate surface area is 132 Å². The highest BCUT2D eigenvalue weighted by molar-refractivity contribution is 5.95. The Bertz CT molecular complexity index is 910. The summed E-state index contributed by atoms with van der Waals surface area (Å²) in [5.41, 5.74) is 9.92. The van der Waals surface area contributed by atoms with Crippen molar-refractivity contribution in [3.63, 3.8) is 0 Å². The first-order chi connectivity index (χ1) is 11.3. The lowest BCUT2D eigenvalue weighted by atomic mass is 10.0. The number of nitrogens with one attached hydrogen (secondary N) is 2. The van der Waals surface area contributed by atoms with Gasteiger partial charge < -0.3 is 11.1 Å². The van der Waals surface area contributed by atoms with E-state index in [0.29, 0.717) is 18.9 Å². The first-order valence-corrected chi connectivity index (χ1v) is 7.28. The Morgan fingerprint density at radius 1 is 1.22 bits per heavy atom. The maximum absolute atomic E-state index is 5.86. The molecule has 0 unspecified atom stereocenters. The highest BCUT2D eigenvalue weighted by Crippen LogP contribution is 2.26. The quantitative estimate of drug-likeness (QED) is 0.684. The molecule has 114 valence electrons. The Morgan fingerprint density at radius 2 is 2.17 bits per heavy atom. The maximum Gasteiger partial charge on any atom is 0.222 e. The van der Waals surface area contributed by atoms with Gasteiger partial charge in [0.15, 0.2) is 0 Å². The van der Waals surface area contributed by atoms with E-state index in [1.807, 2.05) is 30.5 Å². The second kappa shape index (κ2) is 5.53. The van der Waals surface area contributed by atoms with Crippen molar-refractivity contribution in [2.24, 2.45) is 4.99 Å². The third kappa shape index (κ3) is 2.64. The summed E-state index contributed by atoms with van der Waals surface area (Å²) < 4.78 is 0. The molecule has 0 amide bonds. The van der Waals surface area contributed by atoms with Gasteiger partial charge in [0.05, 0.1) is 24.3 Å². The topological polar surface area (TPSA) is 105 Å². The zero-order valence-corrected chi connectivity index (χ0v) is 12.3. The molecule has 0 fully saturated rings. The second-order valence-corrected chi connectivity index (χ2v) is 5.28. The predicted molar refractivity (Wildman–Crippen MR) is 91.2 cm³/mol. The summed E-state index contributed by atoms with van der Waals surface area (Å²) >= 11 is 0. The third-order valence-corrected chi connectivity index (χ3v) is 3.73. The minimum Gasteiger partial charge on any atom is -0.368 e. The first kappa shape index (κ1) is 13.4. The molecule has 4 N–H and O–H groups in total. The van der Waals surface area contributed by atoms with Crippen LogP contribution in [0.15, 0.2) is 41.5 Å². The Balaban J connectivity index is 1.70. The summed E-state index contributed by atoms with van der Waals surface area (Å²) in [6.07, 6.45) is 5.56. The third-order valence-electron chi connectivity index (χ3n) is 3.73. The monoisotopic (exact) mass is 305 g/mol. The van der Waals surface area contributed by atoms with Gasteiger partial charge in [-0.2, -0.15) is 10.1 Å². The molecule has 7 heteroatoms. The van der Waals surface area contributed by atoms with Gasteiger partial charge in [0.25, 0.3) is 0 Å². The van der Waals surface area contributed by atoms with Gasteiger partial charge in [-0.05, 0) is 35.4 Å². The summed E-state index contributed by atoms with van der Waals surface area (Å²) in [5, 5.41) is 11.0. The summed E-state index contributed by atoms with van der Waals surface area (Å²) in [4.78, 5) is 12.9. The number of H-pyrrole nitrogens is 1. The van der Waals surface area contributed by atoms with E-state index in [4.69, 9.17) is 5.73 Å². The molecule has 3 aromatic rings. The van der Waals surface area contributed by atoms with Crippen molar-refractivity contribution in [3.8, 4) is 0 Å². The number of hydrogen-bond acceptors (Lipinski definition) is 6. The fourth-order valence-electron chi connectivity index (χ4n) is 2.58. The Hall–Kier alpha value is -3.22. The number of aromatic nitrogens is 4. The largest absolute Gasteiger partial charge is 0.368 e. The van der Waals surface area contributed by atoms with Gasteiger partial charge in [-0.25, -0.2) is 4.98 Å². The van der Waals surface area contributed by atoms with Crippen molar-refractivity contribution in [2.45, 2.75) is 6.54 Å². The molecule has 2 aromatic heterocycles. The van der Waals surface area contributed by atoms with Crippen LogP contribution in [0.25, 0.3) is 16.5 Å². The van der Waals surface area contributed by atoms with Crippen LogP contribution in [-0.2, 0) is 6.54 Å². The van der Waals surface area contributed by atoms with Crippen molar-refractivity contribution in [3.05, 3.63) is 47.8 Å². The predicted octanol–water partition coefficient (Wildman–Crippen LogP) is 2.01. The van der Waals surface area contributed by atoms with E-state index >= 15 is 0 Å². The van der Waals surface area contributed by atoms with Crippen LogP contribution >= 0.6 is 0 Å². The molecule has 1 aromatic carbocycles. The van der Waals surface area contributed by atoms with Gasteiger partial charge in [-0.3, -0.25) is 10.1 Å². The van der Waals surface area contributed by atoms with Gasteiger partial charge in [0.1, 0.15) is 5.82 Å². The molecule has 1 aliphatic rings. The van der Waals surface area contributed by atoms with Crippen molar-refractivity contribution >= 4 is 34.5 Å². The number of nitrogen functional groups attached to an aromatic ring is 1. The van der Waals surface area contributed by atoms with E-state index in [-0.39, 0.29) is 5.95 Å². The molecule has 23 heavy (non-hydrogen) atoms. The standard InChI is InChI=1S/C16H15N7/c17-16-21-14-7-10(11-3-5-18-8-11)1-2-13(14)15(22-16)19-9-12-4-6-20-23-12/h1-7H,8-9H2,(H,20,23)(H3,17,19,21,22). The summed E-state index contributed by atoms with van der Waals surface area (Å²) in [6.45, 7) is 1.29. The zero-order chi connectivity index (χ0) is 15.6. The van der Waals surface area contributed by atoms with E-state index < -0.39 is 0 Å². The molecule has 0 atom stereocenters. The molecule has 0 bridgehead atoms. The van der Waals surface area contributed by atoms with Gasteiger partial charge >= 0.3 is 0 Å². The number of anilines is 2. The molecular formula is C16H15N7. The number of hydrogen-bond donors (Lipinski definition) is 3. The van der Waals surface area contributed by atoms with E-state index in [1.165, 1.54) is 5.57 Å². The molecule has 3 heterocycles. The summed E-state index contributed by atoms with van der Waals surface area (Å²) in [7, 11) is 0. The van der Waals surface area contributed by atoms with Crippen LogP contribution in [0.4, 0.5) is 11.8 Å². The number of rotatable bonds is 4. The molecule has 1 aliphatic heterocycles.